The molecule has 1 heterocycles. The number of anilines is 1. The van der Waals surface area contributed by atoms with Gasteiger partial charge in [0.1, 0.15) is 5.41 Å². The van der Waals surface area contributed by atoms with Crippen LogP contribution in [0.15, 0.2) is 60.7 Å². The molecule has 0 bridgehead atoms. The zero-order chi connectivity index (χ0) is 21.6. The number of nitriles is 1. The average Bonchev–Trinajstić information content (AvgIpc) is 2.78. The molecule has 1 unspecified atom stereocenters. The van der Waals surface area contributed by atoms with Crippen molar-refractivity contribution in [1.82, 2.24) is 4.90 Å². The summed E-state index contributed by atoms with van der Waals surface area (Å²) < 4.78 is 0. The van der Waals surface area contributed by atoms with E-state index in [4.69, 9.17) is 11.8 Å². The minimum absolute atomic E-state index is 0.00143. The first-order valence-corrected chi connectivity index (χ1v) is 9.55. The molecule has 4 amide bonds. The number of rotatable bonds is 7. The maximum atomic E-state index is 13.5. The second kappa shape index (κ2) is 9.02. The van der Waals surface area contributed by atoms with Crippen LogP contribution in [0.3, 0.4) is 0 Å². The second-order valence-corrected chi connectivity index (χ2v) is 7.01. The highest BCUT2D eigenvalue weighted by atomic mass is 16.2. The Morgan fingerprint density at radius 1 is 0.933 bits per heavy atom. The molecule has 1 fully saturated rings. The molecule has 0 aromatic heterocycles. The fourth-order valence-electron chi connectivity index (χ4n) is 3.64. The van der Waals surface area contributed by atoms with Crippen molar-refractivity contribution in [2.24, 2.45) is 5.41 Å². The molecule has 1 atom stereocenters. The largest absolute Gasteiger partial charge is 0.338 e. The van der Waals surface area contributed by atoms with Gasteiger partial charge in [0, 0.05) is 12.8 Å². The molecule has 0 N–H and O–H groups in total. The Labute approximate surface area is 174 Å². The summed E-state index contributed by atoms with van der Waals surface area (Å²) in [6.45, 7) is 7.09. The van der Waals surface area contributed by atoms with Gasteiger partial charge in [0.2, 0.25) is 12.5 Å². The fourth-order valence-corrected chi connectivity index (χ4v) is 3.64. The standard InChI is InChI=1S/C23H20N4O3/c1-25-16-14-23(13-8-15-24)20(28)26(17-18-9-4-2-5-10-18)22(30)27(21(23)29)19-11-6-3-7-12-19/h2-7,9-12H,8,13-14,16-17H2. The number of hydrogen-bond acceptors (Lipinski definition) is 4. The van der Waals surface area contributed by atoms with Gasteiger partial charge in [0.15, 0.2) is 0 Å². The molecule has 1 saturated heterocycles. The molecule has 30 heavy (non-hydrogen) atoms. The predicted octanol–water partition coefficient (Wildman–Crippen LogP) is 3.78. The van der Waals surface area contributed by atoms with Crippen molar-refractivity contribution >= 4 is 23.5 Å². The lowest BCUT2D eigenvalue weighted by Crippen LogP contribution is -2.65. The second-order valence-electron chi connectivity index (χ2n) is 7.01. The van der Waals surface area contributed by atoms with E-state index in [9.17, 15) is 14.4 Å². The highest BCUT2D eigenvalue weighted by Gasteiger charge is 2.57. The topological polar surface area (TPSA) is 85.8 Å². The molecule has 7 heteroatoms. The fraction of sp³-hybridized carbons (Fsp3) is 0.261. The van der Waals surface area contributed by atoms with Crippen LogP contribution < -0.4 is 4.90 Å². The van der Waals surface area contributed by atoms with Gasteiger partial charge in [-0.3, -0.25) is 14.5 Å². The molecule has 2 aromatic rings. The van der Waals surface area contributed by atoms with Crippen molar-refractivity contribution in [3.63, 3.8) is 0 Å². The minimum atomic E-state index is -1.63. The maximum absolute atomic E-state index is 13.5. The quantitative estimate of drug-likeness (QED) is 0.523. The number of hydrogen-bond donors (Lipinski definition) is 0. The van der Waals surface area contributed by atoms with Gasteiger partial charge < -0.3 is 4.85 Å². The first-order valence-electron chi connectivity index (χ1n) is 9.55. The summed E-state index contributed by atoms with van der Waals surface area (Å²) in [7, 11) is 0. The lowest BCUT2D eigenvalue weighted by Gasteiger charge is -2.43. The Balaban J connectivity index is 2.11. The number of nitrogens with zero attached hydrogens (tertiary/aromatic N) is 4. The first-order chi connectivity index (χ1) is 14.5. The smallest absolute Gasteiger partial charge is 0.317 e. The summed E-state index contributed by atoms with van der Waals surface area (Å²) in [5.74, 6) is -1.32. The van der Waals surface area contributed by atoms with E-state index in [2.05, 4.69) is 4.85 Å². The zero-order valence-corrected chi connectivity index (χ0v) is 16.3. The van der Waals surface area contributed by atoms with Crippen LogP contribution in [0.2, 0.25) is 0 Å². The van der Waals surface area contributed by atoms with Crippen LogP contribution in [0.25, 0.3) is 4.85 Å². The summed E-state index contributed by atoms with van der Waals surface area (Å²) in [4.78, 5) is 45.7. The summed E-state index contributed by atoms with van der Waals surface area (Å²) in [6.07, 6.45) is -0.123. The van der Waals surface area contributed by atoms with E-state index >= 15 is 0 Å². The lowest BCUT2D eigenvalue weighted by atomic mass is 9.75. The van der Waals surface area contributed by atoms with Gasteiger partial charge in [-0.1, -0.05) is 48.5 Å². The third-order valence-corrected chi connectivity index (χ3v) is 5.20. The maximum Gasteiger partial charge on any atom is 0.338 e. The lowest BCUT2D eigenvalue weighted by molar-refractivity contribution is -0.151. The predicted molar refractivity (Wildman–Crippen MR) is 110 cm³/mol. The van der Waals surface area contributed by atoms with Gasteiger partial charge in [-0.2, -0.15) is 5.26 Å². The van der Waals surface area contributed by atoms with Crippen molar-refractivity contribution in [1.29, 1.82) is 5.26 Å². The average molecular weight is 400 g/mol. The monoisotopic (exact) mass is 400 g/mol. The number of urea groups is 1. The summed E-state index contributed by atoms with van der Waals surface area (Å²) in [6, 6.07) is 18.7. The van der Waals surface area contributed by atoms with E-state index in [0.717, 1.165) is 15.4 Å². The molecule has 150 valence electrons. The molecule has 0 saturated carbocycles. The SMILES string of the molecule is [C-]#[N+]CCC1(CCC#N)C(=O)N(Cc2ccccc2)C(=O)N(c2ccccc2)C1=O. The summed E-state index contributed by atoms with van der Waals surface area (Å²) >= 11 is 0. The van der Waals surface area contributed by atoms with Crippen LogP contribution in [0.5, 0.6) is 0 Å². The molecular weight excluding hydrogens is 380 g/mol. The number of imide groups is 2. The van der Waals surface area contributed by atoms with Gasteiger partial charge in [-0.15, -0.1) is 0 Å². The van der Waals surface area contributed by atoms with E-state index in [-0.39, 0.29) is 32.4 Å². The van der Waals surface area contributed by atoms with Gasteiger partial charge in [0.05, 0.1) is 18.3 Å². The Morgan fingerprint density at radius 3 is 2.17 bits per heavy atom. The van der Waals surface area contributed by atoms with Crippen LogP contribution in [-0.4, -0.2) is 29.3 Å². The Bertz CT molecular complexity index is 1000. The van der Waals surface area contributed by atoms with Crippen molar-refractivity contribution in [2.45, 2.75) is 25.8 Å². The van der Waals surface area contributed by atoms with Gasteiger partial charge in [-0.05, 0) is 24.1 Å². The van der Waals surface area contributed by atoms with E-state index in [0.29, 0.717) is 5.69 Å². The van der Waals surface area contributed by atoms with Crippen LogP contribution in [0.1, 0.15) is 24.8 Å². The van der Waals surface area contributed by atoms with Crippen LogP contribution in [0, 0.1) is 23.3 Å². The highest BCUT2D eigenvalue weighted by Crippen LogP contribution is 2.40. The number of carbonyl (C=O) groups is 3. The molecule has 7 nitrogen and oxygen atoms in total. The van der Waals surface area contributed by atoms with Gasteiger partial charge >= 0.3 is 6.03 Å². The first kappa shape index (κ1) is 20.8. The van der Waals surface area contributed by atoms with E-state index < -0.39 is 23.3 Å². The third-order valence-electron chi connectivity index (χ3n) is 5.20. The minimum Gasteiger partial charge on any atom is -0.317 e. The molecule has 0 radical (unpaired) electrons. The highest BCUT2D eigenvalue weighted by molar-refractivity contribution is 6.29. The van der Waals surface area contributed by atoms with Gasteiger partial charge in [0.25, 0.3) is 5.91 Å². The molecule has 2 aromatic carbocycles. The van der Waals surface area contributed by atoms with Crippen LogP contribution in [-0.2, 0) is 16.1 Å². The normalized spacial score (nSPS) is 18.8. The Hall–Kier alpha value is -3.97. The van der Waals surface area contributed by atoms with E-state index in [1.807, 2.05) is 12.1 Å². The zero-order valence-electron chi connectivity index (χ0n) is 16.3. The molecule has 0 spiro atoms. The van der Waals surface area contributed by atoms with Crippen molar-refractivity contribution < 1.29 is 14.4 Å². The number of amides is 4. The van der Waals surface area contributed by atoms with E-state index in [1.54, 1.807) is 54.6 Å². The van der Waals surface area contributed by atoms with Gasteiger partial charge in [-0.25, -0.2) is 16.3 Å². The molecule has 1 aliphatic heterocycles. The molecule has 3 rings (SSSR count). The number of para-hydroxylation sites is 1. The third kappa shape index (κ3) is 3.78. The molecule has 1 aliphatic rings. The Morgan fingerprint density at radius 2 is 1.57 bits per heavy atom. The number of barbiturate groups is 1. The van der Waals surface area contributed by atoms with Crippen LogP contribution in [0.4, 0.5) is 10.5 Å². The number of carbonyl (C=O) groups excluding carboxylic acids is 3. The molecule has 0 aliphatic carbocycles. The summed E-state index contributed by atoms with van der Waals surface area (Å²) in [5.41, 5.74) is -0.540. The van der Waals surface area contributed by atoms with Crippen molar-refractivity contribution in [3.8, 4) is 6.07 Å². The Kier molecular flexibility index (Phi) is 6.24. The van der Waals surface area contributed by atoms with E-state index in [1.165, 1.54) is 0 Å². The number of benzene rings is 2. The summed E-state index contributed by atoms with van der Waals surface area (Å²) in [5, 5.41) is 9.12. The van der Waals surface area contributed by atoms with Crippen molar-refractivity contribution in [2.75, 3.05) is 11.4 Å². The molecular formula is C23H20N4O3. The van der Waals surface area contributed by atoms with Crippen LogP contribution >= 0.6 is 0 Å². The van der Waals surface area contributed by atoms with Crippen molar-refractivity contribution in [3.05, 3.63) is 77.6 Å².